The molecule has 5 nitrogen and oxygen atoms in total. The molecular formula is C25H19BrClFN2O3. The van der Waals surface area contributed by atoms with E-state index in [4.69, 9.17) is 11.6 Å². The van der Waals surface area contributed by atoms with Crippen molar-refractivity contribution in [3.8, 4) is 0 Å². The molecule has 0 aromatic heterocycles. The van der Waals surface area contributed by atoms with Gasteiger partial charge in [-0.1, -0.05) is 51.8 Å². The van der Waals surface area contributed by atoms with Crippen LogP contribution in [-0.4, -0.2) is 28.7 Å². The zero-order chi connectivity index (χ0) is 23.5. The number of hydrogen-bond acceptors (Lipinski definition) is 3. The standard InChI is InChI=1S/C25H19BrClFN2O3/c26-18-5-11-21(12-6-18)30-24(32)14-22(25(30)33)29(15-17-3-9-20(28)10-4-17)23(31)13-16-1-7-19(27)8-2-16/h1-12,22H,13-15H2. The van der Waals surface area contributed by atoms with Gasteiger partial charge in [-0.05, 0) is 59.7 Å². The highest BCUT2D eigenvalue weighted by molar-refractivity contribution is 9.10. The molecule has 8 heteroatoms. The fourth-order valence-corrected chi connectivity index (χ4v) is 4.15. The van der Waals surface area contributed by atoms with Crippen LogP contribution in [0.5, 0.6) is 0 Å². The number of carbonyl (C=O) groups excluding carboxylic acids is 3. The fourth-order valence-electron chi connectivity index (χ4n) is 3.76. The molecule has 0 aliphatic carbocycles. The van der Waals surface area contributed by atoms with Crippen molar-refractivity contribution in [2.24, 2.45) is 0 Å². The topological polar surface area (TPSA) is 57.7 Å². The van der Waals surface area contributed by atoms with Crippen molar-refractivity contribution in [3.63, 3.8) is 0 Å². The predicted molar refractivity (Wildman–Crippen MR) is 127 cm³/mol. The van der Waals surface area contributed by atoms with E-state index in [2.05, 4.69) is 15.9 Å². The van der Waals surface area contributed by atoms with Gasteiger partial charge in [-0.15, -0.1) is 0 Å². The van der Waals surface area contributed by atoms with E-state index in [-0.39, 0.29) is 31.2 Å². The van der Waals surface area contributed by atoms with E-state index in [9.17, 15) is 18.8 Å². The summed E-state index contributed by atoms with van der Waals surface area (Å²) in [5.74, 6) is -1.55. The molecular weight excluding hydrogens is 511 g/mol. The lowest BCUT2D eigenvalue weighted by Crippen LogP contribution is -2.45. The first-order valence-corrected chi connectivity index (χ1v) is 11.4. The molecule has 0 N–H and O–H groups in total. The Kier molecular flexibility index (Phi) is 6.91. The Morgan fingerprint density at radius 3 is 2.21 bits per heavy atom. The van der Waals surface area contributed by atoms with Crippen LogP contribution in [0.2, 0.25) is 5.02 Å². The average Bonchev–Trinajstić information content (AvgIpc) is 3.09. The summed E-state index contributed by atoms with van der Waals surface area (Å²) >= 11 is 9.28. The molecule has 0 bridgehead atoms. The summed E-state index contributed by atoms with van der Waals surface area (Å²) in [4.78, 5) is 41.9. The first kappa shape index (κ1) is 23.1. The minimum absolute atomic E-state index is 0.0363. The number of halogens is 3. The van der Waals surface area contributed by atoms with E-state index >= 15 is 0 Å². The van der Waals surface area contributed by atoms with Crippen LogP contribution >= 0.6 is 27.5 Å². The molecule has 3 aromatic rings. The summed E-state index contributed by atoms with van der Waals surface area (Å²) in [6.45, 7) is 0.0740. The van der Waals surface area contributed by atoms with Crippen molar-refractivity contribution in [2.45, 2.75) is 25.4 Å². The van der Waals surface area contributed by atoms with Crippen molar-refractivity contribution in [3.05, 3.63) is 99.2 Å². The molecule has 1 fully saturated rings. The van der Waals surface area contributed by atoms with Gasteiger partial charge in [-0.2, -0.15) is 0 Å². The van der Waals surface area contributed by atoms with Crippen LogP contribution in [0.3, 0.4) is 0 Å². The molecule has 1 unspecified atom stereocenters. The minimum Gasteiger partial charge on any atom is -0.325 e. The molecule has 0 saturated carbocycles. The van der Waals surface area contributed by atoms with Crippen molar-refractivity contribution >= 4 is 50.9 Å². The largest absolute Gasteiger partial charge is 0.325 e. The van der Waals surface area contributed by atoms with Crippen molar-refractivity contribution in [1.82, 2.24) is 4.90 Å². The van der Waals surface area contributed by atoms with Gasteiger partial charge in [0.2, 0.25) is 11.8 Å². The zero-order valence-electron chi connectivity index (χ0n) is 17.4. The van der Waals surface area contributed by atoms with Crippen molar-refractivity contribution in [1.29, 1.82) is 0 Å². The quantitative estimate of drug-likeness (QED) is 0.415. The van der Waals surface area contributed by atoms with Crippen LogP contribution in [-0.2, 0) is 27.3 Å². The average molecular weight is 530 g/mol. The lowest BCUT2D eigenvalue weighted by atomic mass is 10.1. The van der Waals surface area contributed by atoms with E-state index < -0.39 is 17.8 Å². The van der Waals surface area contributed by atoms with Gasteiger partial charge >= 0.3 is 0 Å². The van der Waals surface area contributed by atoms with Crippen molar-refractivity contribution < 1.29 is 18.8 Å². The summed E-state index contributed by atoms with van der Waals surface area (Å²) in [5.41, 5.74) is 1.83. The highest BCUT2D eigenvalue weighted by atomic mass is 79.9. The molecule has 1 aliphatic heterocycles. The minimum atomic E-state index is -0.953. The molecule has 168 valence electrons. The highest BCUT2D eigenvalue weighted by Crippen LogP contribution is 2.28. The second-order valence-corrected chi connectivity index (χ2v) is 9.07. The van der Waals surface area contributed by atoms with Gasteiger partial charge in [0.05, 0.1) is 18.5 Å². The Balaban J connectivity index is 1.62. The predicted octanol–water partition coefficient (Wildman–Crippen LogP) is 5.15. The molecule has 1 heterocycles. The smallest absolute Gasteiger partial charge is 0.257 e. The Morgan fingerprint density at radius 2 is 1.58 bits per heavy atom. The molecule has 0 radical (unpaired) electrons. The fraction of sp³-hybridized carbons (Fsp3) is 0.160. The van der Waals surface area contributed by atoms with E-state index in [1.165, 1.54) is 17.0 Å². The lowest BCUT2D eigenvalue weighted by Gasteiger charge is -2.28. The van der Waals surface area contributed by atoms with Crippen LogP contribution < -0.4 is 4.90 Å². The van der Waals surface area contributed by atoms with E-state index in [1.807, 2.05) is 0 Å². The number of nitrogens with zero attached hydrogens (tertiary/aromatic N) is 2. The molecule has 33 heavy (non-hydrogen) atoms. The maximum atomic E-state index is 13.4. The normalized spacial score (nSPS) is 15.7. The molecule has 0 spiro atoms. The number of amides is 3. The maximum absolute atomic E-state index is 13.4. The van der Waals surface area contributed by atoms with E-state index in [1.54, 1.807) is 60.7 Å². The summed E-state index contributed by atoms with van der Waals surface area (Å²) in [6, 6.07) is 18.4. The summed E-state index contributed by atoms with van der Waals surface area (Å²) in [6.07, 6.45) is -0.0862. The molecule has 1 atom stereocenters. The van der Waals surface area contributed by atoms with Crippen LogP contribution in [0.15, 0.2) is 77.3 Å². The number of hydrogen-bond donors (Lipinski definition) is 0. The molecule has 3 amide bonds. The first-order valence-electron chi connectivity index (χ1n) is 10.2. The Labute approximate surface area is 203 Å². The summed E-state index contributed by atoms with van der Waals surface area (Å²) < 4.78 is 14.2. The second-order valence-electron chi connectivity index (χ2n) is 7.72. The second kappa shape index (κ2) is 9.85. The molecule has 1 aliphatic rings. The zero-order valence-corrected chi connectivity index (χ0v) is 19.7. The Hall–Kier alpha value is -3.03. The Bertz CT molecular complexity index is 1180. The van der Waals surface area contributed by atoms with Crippen LogP contribution in [0.1, 0.15) is 17.5 Å². The summed E-state index contributed by atoms with van der Waals surface area (Å²) in [5, 5.41) is 0.552. The van der Waals surface area contributed by atoms with Crippen LogP contribution in [0.25, 0.3) is 0 Å². The monoisotopic (exact) mass is 528 g/mol. The molecule has 1 saturated heterocycles. The number of benzene rings is 3. The van der Waals surface area contributed by atoms with Gasteiger partial charge in [-0.3, -0.25) is 14.4 Å². The highest BCUT2D eigenvalue weighted by Gasteiger charge is 2.44. The molecule has 3 aromatic carbocycles. The Morgan fingerprint density at radius 1 is 0.970 bits per heavy atom. The van der Waals surface area contributed by atoms with Gasteiger partial charge in [0, 0.05) is 16.0 Å². The molecule has 4 rings (SSSR count). The number of imide groups is 1. The third kappa shape index (κ3) is 5.31. The third-order valence-electron chi connectivity index (χ3n) is 5.44. The first-order chi connectivity index (χ1) is 15.8. The SMILES string of the molecule is O=C1CC(N(Cc2ccc(F)cc2)C(=O)Cc2ccc(Cl)cc2)C(=O)N1c1ccc(Br)cc1. The van der Waals surface area contributed by atoms with Crippen molar-refractivity contribution in [2.75, 3.05) is 4.90 Å². The number of anilines is 1. The van der Waals surface area contributed by atoms with Gasteiger partial charge < -0.3 is 4.90 Å². The summed E-state index contributed by atoms with van der Waals surface area (Å²) in [7, 11) is 0. The van der Waals surface area contributed by atoms with E-state index in [0.717, 1.165) is 14.9 Å². The lowest BCUT2D eigenvalue weighted by molar-refractivity contribution is -0.138. The third-order valence-corrected chi connectivity index (χ3v) is 6.22. The van der Waals surface area contributed by atoms with Crippen LogP contribution in [0, 0.1) is 5.82 Å². The maximum Gasteiger partial charge on any atom is 0.257 e. The van der Waals surface area contributed by atoms with Gasteiger partial charge in [-0.25, -0.2) is 9.29 Å². The van der Waals surface area contributed by atoms with Gasteiger partial charge in [0.1, 0.15) is 11.9 Å². The van der Waals surface area contributed by atoms with Gasteiger partial charge in [0.15, 0.2) is 0 Å². The van der Waals surface area contributed by atoms with Gasteiger partial charge in [0.25, 0.3) is 5.91 Å². The number of rotatable bonds is 6. The number of carbonyl (C=O) groups is 3. The van der Waals surface area contributed by atoms with Crippen LogP contribution in [0.4, 0.5) is 10.1 Å². The van der Waals surface area contributed by atoms with E-state index in [0.29, 0.717) is 16.3 Å².